The summed E-state index contributed by atoms with van der Waals surface area (Å²) in [6, 6.07) is 25.9. The predicted molar refractivity (Wildman–Crippen MR) is 165 cm³/mol. The zero-order valence-electron chi connectivity index (χ0n) is 23.7. The number of benzene rings is 3. The quantitative estimate of drug-likeness (QED) is 0.115. The second-order valence-electron chi connectivity index (χ2n) is 10.4. The lowest BCUT2D eigenvalue weighted by molar-refractivity contribution is -0.133. The topological polar surface area (TPSA) is 126 Å². The largest absolute Gasteiger partial charge is 0.370 e. The van der Waals surface area contributed by atoms with Crippen molar-refractivity contribution in [2.45, 2.75) is 37.3 Å². The van der Waals surface area contributed by atoms with Gasteiger partial charge < -0.3 is 27.0 Å². The number of carbonyl (C=O) groups excluding carboxylic acids is 2. The number of nitrogens with zero attached hydrogens (tertiary/aromatic N) is 2. The fraction of sp³-hybridized carbons (Fsp3) is 0.303. The van der Waals surface area contributed by atoms with Gasteiger partial charge in [-0.1, -0.05) is 72.8 Å². The molecule has 220 valence electrons. The van der Waals surface area contributed by atoms with E-state index in [0.29, 0.717) is 51.0 Å². The minimum Gasteiger partial charge on any atom is -0.370 e. The van der Waals surface area contributed by atoms with Gasteiger partial charge in [0.1, 0.15) is 5.82 Å². The van der Waals surface area contributed by atoms with Gasteiger partial charge >= 0.3 is 0 Å². The molecular weight excluding hydrogens is 531 g/mol. The molecule has 1 saturated heterocycles. The second-order valence-corrected chi connectivity index (χ2v) is 10.4. The Kier molecular flexibility index (Phi) is 11.2. The number of halogens is 1. The first-order valence-corrected chi connectivity index (χ1v) is 14.3. The van der Waals surface area contributed by atoms with Gasteiger partial charge in [-0.25, -0.2) is 4.39 Å². The van der Waals surface area contributed by atoms with Gasteiger partial charge in [0.2, 0.25) is 11.8 Å². The van der Waals surface area contributed by atoms with Crippen LogP contribution in [0.25, 0.3) is 6.08 Å². The highest BCUT2D eigenvalue weighted by molar-refractivity contribution is 5.91. The summed E-state index contributed by atoms with van der Waals surface area (Å²) in [5, 5.41) is 6.41. The van der Waals surface area contributed by atoms with E-state index in [2.05, 4.69) is 39.9 Å². The van der Waals surface area contributed by atoms with E-state index in [-0.39, 0.29) is 35.6 Å². The Balaban J connectivity index is 1.46. The summed E-state index contributed by atoms with van der Waals surface area (Å²) in [4.78, 5) is 32.4. The summed E-state index contributed by atoms with van der Waals surface area (Å²) in [6.07, 6.45) is 4.81. The third-order valence-electron chi connectivity index (χ3n) is 7.34. The molecule has 9 heteroatoms. The number of nitrogens with one attached hydrogen (secondary N) is 2. The maximum atomic E-state index is 13.9. The molecule has 1 heterocycles. The highest BCUT2D eigenvalue weighted by atomic mass is 19.1. The molecule has 1 fully saturated rings. The van der Waals surface area contributed by atoms with E-state index in [1.54, 1.807) is 18.2 Å². The van der Waals surface area contributed by atoms with E-state index in [9.17, 15) is 14.0 Å². The van der Waals surface area contributed by atoms with Crippen molar-refractivity contribution in [2.24, 2.45) is 16.5 Å². The number of rotatable bonds is 12. The van der Waals surface area contributed by atoms with Crippen molar-refractivity contribution in [3.8, 4) is 0 Å². The Morgan fingerprint density at radius 3 is 2.38 bits per heavy atom. The summed E-state index contributed by atoms with van der Waals surface area (Å²) in [6.45, 7) is 1.86. The summed E-state index contributed by atoms with van der Waals surface area (Å²) in [5.41, 5.74) is 13.9. The molecule has 4 rings (SSSR count). The number of nitrogens with two attached hydrogens (primary N) is 2. The van der Waals surface area contributed by atoms with Gasteiger partial charge in [0.15, 0.2) is 5.96 Å². The fourth-order valence-corrected chi connectivity index (χ4v) is 5.19. The smallest absolute Gasteiger partial charge is 0.244 e. The van der Waals surface area contributed by atoms with Crippen molar-refractivity contribution in [1.82, 2.24) is 15.5 Å². The molecule has 3 aromatic rings. The molecule has 1 aliphatic rings. The van der Waals surface area contributed by atoms with E-state index < -0.39 is 6.04 Å². The van der Waals surface area contributed by atoms with E-state index in [1.807, 2.05) is 41.3 Å². The highest BCUT2D eigenvalue weighted by Gasteiger charge is 2.32. The normalized spacial score (nSPS) is 17.3. The standard InChI is InChI=1S/C33H39FN6O2/c34-27-14-7-9-24(21-27)16-17-31(41)38-22-28-18-20-40(32(42)30(39-28)15-8-19-37-33(35)36)23-29(25-10-3-1-4-11-25)26-12-5-2-6-13-26/h1-7,9-14,16-17,21,28-30,39H,8,15,18-20,22-23H2,(H,38,41)(H4,35,36,37)/b17-16+/t28-,30-/m0/s1. The third-order valence-corrected chi connectivity index (χ3v) is 7.34. The highest BCUT2D eigenvalue weighted by Crippen LogP contribution is 2.27. The first-order valence-electron chi connectivity index (χ1n) is 14.3. The van der Waals surface area contributed by atoms with Gasteiger partial charge in [-0.05, 0) is 54.2 Å². The van der Waals surface area contributed by atoms with Crippen LogP contribution in [0.2, 0.25) is 0 Å². The van der Waals surface area contributed by atoms with Crippen LogP contribution in [0.3, 0.4) is 0 Å². The predicted octanol–water partition coefficient (Wildman–Crippen LogP) is 3.40. The lowest BCUT2D eigenvalue weighted by Gasteiger charge is -2.29. The van der Waals surface area contributed by atoms with Crippen LogP contribution in [-0.4, -0.2) is 60.9 Å². The van der Waals surface area contributed by atoms with Gasteiger partial charge in [0.05, 0.1) is 6.04 Å². The number of carbonyl (C=O) groups is 2. The van der Waals surface area contributed by atoms with Crippen molar-refractivity contribution in [3.63, 3.8) is 0 Å². The summed E-state index contributed by atoms with van der Waals surface area (Å²) >= 11 is 0. The number of hydrogen-bond donors (Lipinski definition) is 4. The van der Waals surface area contributed by atoms with E-state index in [4.69, 9.17) is 11.5 Å². The molecule has 1 aliphatic heterocycles. The van der Waals surface area contributed by atoms with Crippen molar-refractivity contribution >= 4 is 23.8 Å². The van der Waals surface area contributed by atoms with Crippen LogP contribution < -0.4 is 22.1 Å². The number of hydrogen-bond acceptors (Lipinski definition) is 4. The lowest BCUT2D eigenvalue weighted by atomic mass is 9.90. The van der Waals surface area contributed by atoms with E-state index in [1.165, 1.54) is 18.2 Å². The number of guanidine groups is 1. The average molecular weight is 571 g/mol. The van der Waals surface area contributed by atoms with Crippen LogP contribution in [0, 0.1) is 5.82 Å². The molecule has 0 aliphatic carbocycles. The molecule has 42 heavy (non-hydrogen) atoms. The molecule has 6 N–H and O–H groups in total. The van der Waals surface area contributed by atoms with Gasteiger partial charge in [-0.15, -0.1) is 0 Å². The monoisotopic (exact) mass is 570 g/mol. The maximum absolute atomic E-state index is 13.9. The number of aliphatic imine (C=N–C) groups is 1. The molecule has 0 radical (unpaired) electrons. The number of amides is 2. The van der Waals surface area contributed by atoms with Gasteiger partial charge in [-0.3, -0.25) is 14.6 Å². The van der Waals surface area contributed by atoms with Gasteiger partial charge in [0.25, 0.3) is 0 Å². The van der Waals surface area contributed by atoms with Gasteiger partial charge in [0, 0.05) is 44.2 Å². The molecule has 0 bridgehead atoms. The lowest BCUT2D eigenvalue weighted by Crippen LogP contribution is -2.49. The SMILES string of the molecule is NC(N)=NCCC[C@@H]1N[C@H](CNC(=O)/C=C/c2cccc(F)c2)CCN(CC(c2ccccc2)c2ccccc2)C1=O. The van der Waals surface area contributed by atoms with E-state index in [0.717, 1.165) is 11.1 Å². The summed E-state index contributed by atoms with van der Waals surface area (Å²) in [5.74, 6) is -0.579. The summed E-state index contributed by atoms with van der Waals surface area (Å²) in [7, 11) is 0. The Bertz CT molecular complexity index is 1320. The Labute approximate surface area is 246 Å². The Morgan fingerprint density at radius 2 is 1.74 bits per heavy atom. The van der Waals surface area contributed by atoms with Crippen LogP contribution >= 0.6 is 0 Å². The molecule has 2 atom stereocenters. The zero-order chi connectivity index (χ0) is 29.7. The minimum atomic E-state index is -0.446. The van der Waals surface area contributed by atoms with E-state index >= 15 is 0 Å². The minimum absolute atomic E-state index is 0.0165. The Morgan fingerprint density at radius 1 is 1.05 bits per heavy atom. The molecule has 0 spiro atoms. The third kappa shape index (κ3) is 9.27. The molecule has 0 aromatic heterocycles. The van der Waals surface area contributed by atoms with Gasteiger partial charge in [-0.2, -0.15) is 0 Å². The van der Waals surface area contributed by atoms with Crippen LogP contribution in [0.1, 0.15) is 41.9 Å². The van der Waals surface area contributed by atoms with Crippen molar-refractivity contribution < 1.29 is 14.0 Å². The molecule has 8 nitrogen and oxygen atoms in total. The zero-order valence-corrected chi connectivity index (χ0v) is 23.7. The first-order chi connectivity index (χ1) is 20.4. The van der Waals surface area contributed by atoms with Crippen LogP contribution in [0.4, 0.5) is 4.39 Å². The van der Waals surface area contributed by atoms with Crippen LogP contribution in [0.5, 0.6) is 0 Å². The molecule has 0 unspecified atom stereocenters. The molecule has 3 aromatic carbocycles. The second kappa shape index (κ2) is 15.5. The van der Waals surface area contributed by atoms with Crippen molar-refractivity contribution in [1.29, 1.82) is 0 Å². The molecular formula is C33H39FN6O2. The van der Waals surface area contributed by atoms with Crippen molar-refractivity contribution in [2.75, 3.05) is 26.2 Å². The average Bonchev–Trinajstić information content (AvgIpc) is 3.14. The van der Waals surface area contributed by atoms with Crippen LogP contribution in [0.15, 0.2) is 96.0 Å². The summed E-state index contributed by atoms with van der Waals surface area (Å²) < 4.78 is 13.4. The Hall–Kier alpha value is -4.50. The fourth-order valence-electron chi connectivity index (χ4n) is 5.19. The maximum Gasteiger partial charge on any atom is 0.244 e. The molecule has 0 saturated carbocycles. The first kappa shape index (κ1) is 30.5. The molecule has 2 amide bonds. The van der Waals surface area contributed by atoms with Crippen LogP contribution in [-0.2, 0) is 9.59 Å². The van der Waals surface area contributed by atoms with Crippen molar-refractivity contribution in [3.05, 3.63) is 114 Å².